The molecule has 9 nitrogen and oxygen atoms in total. The van der Waals surface area contributed by atoms with E-state index in [-0.39, 0.29) is 18.5 Å². The van der Waals surface area contributed by atoms with E-state index in [4.69, 9.17) is 0 Å². The zero-order valence-electron chi connectivity index (χ0n) is 18.0. The fourth-order valence-corrected chi connectivity index (χ4v) is 4.34. The Morgan fingerprint density at radius 2 is 2.00 bits per heavy atom. The average Bonchev–Trinajstić information content (AvgIpc) is 2.99. The number of benzene rings is 1. The minimum absolute atomic E-state index is 0.130. The van der Waals surface area contributed by atoms with Gasteiger partial charge in [0.25, 0.3) is 5.91 Å². The van der Waals surface area contributed by atoms with Crippen molar-refractivity contribution in [2.45, 2.75) is 38.6 Å². The monoisotopic (exact) mass is 522 g/mol. The highest BCUT2D eigenvalue weighted by molar-refractivity contribution is 9.10. The zero-order chi connectivity index (χ0) is 24.4. The van der Waals surface area contributed by atoms with Gasteiger partial charge in [-0.1, -0.05) is 54.1 Å². The topological polar surface area (TPSA) is 128 Å². The minimum atomic E-state index is -1.31. The van der Waals surface area contributed by atoms with Gasteiger partial charge in [-0.2, -0.15) is 5.01 Å². The predicted octanol–water partition coefficient (Wildman–Crippen LogP) is 3.94. The number of aliphatic carboxylic acids is 1. The van der Waals surface area contributed by atoms with Crippen molar-refractivity contribution >= 4 is 45.6 Å². The van der Waals surface area contributed by atoms with Gasteiger partial charge in [-0.05, 0) is 37.5 Å². The maximum absolute atomic E-state index is 14.0. The number of carbonyl (C=O) groups excluding carboxylic acids is 3. The molecule has 176 valence electrons. The lowest BCUT2D eigenvalue weighted by Gasteiger charge is -2.35. The van der Waals surface area contributed by atoms with Crippen LogP contribution in [0, 0.1) is 17.2 Å². The second-order valence-electron chi connectivity index (χ2n) is 8.26. The lowest BCUT2D eigenvalue weighted by atomic mass is 9.69. The molecular weight excluding hydrogens is 499 g/mol. The van der Waals surface area contributed by atoms with Gasteiger partial charge in [-0.25, -0.2) is 19.4 Å². The highest BCUT2D eigenvalue weighted by Crippen LogP contribution is 2.41. The lowest BCUT2D eigenvalue weighted by molar-refractivity contribution is -0.143. The van der Waals surface area contributed by atoms with Crippen LogP contribution in [-0.4, -0.2) is 39.6 Å². The Labute approximate surface area is 198 Å². The van der Waals surface area contributed by atoms with E-state index in [0.29, 0.717) is 15.9 Å². The molecule has 0 radical (unpaired) electrons. The smallest absolute Gasteiger partial charge is 0.344 e. The van der Waals surface area contributed by atoms with Crippen molar-refractivity contribution in [3.8, 4) is 0 Å². The maximum atomic E-state index is 14.0. The summed E-state index contributed by atoms with van der Waals surface area (Å²) >= 11 is 3.11. The number of halogens is 2. The van der Waals surface area contributed by atoms with Gasteiger partial charge >= 0.3 is 18.0 Å². The first kappa shape index (κ1) is 24.4. The number of anilines is 1. The molecule has 11 heteroatoms. The second kappa shape index (κ2) is 9.34. The molecule has 33 heavy (non-hydrogen) atoms. The van der Waals surface area contributed by atoms with Crippen molar-refractivity contribution in [2.75, 3.05) is 5.32 Å². The number of hydrogen-bond acceptors (Lipinski definition) is 4. The Morgan fingerprint density at radius 1 is 1.27 bits per heavy atom. The van der Waals surface area contributed by atoms with Crippen LogP contribution in [-0.2, 0) is 9.59 Å². The molecule has 1 aliphatic carbocycles. The molecule has 3 atom stereocenters. The molecule has 1 aromatic rings. The summed E-state index contributed by atoms with van der Waals surface area (Å²) in [5.41, 5.74) is -0.0440. The van der Waals surface area contributed by atoms with Crippen LogP contribution in [0.5, 0.6) is 0 Å². The molecule has 1 aromatic carbocycles. The average molecular weight is 523 g/mol. The molecule has 1 fully saturated rings. The van der Waals surface area contributed by atoms with Crippen molar-refractivity contribution < 1.29 is 28.7 Å². The van der Waals surface area contributed by atoms with E-state index in [2.05, 4.69) is 32.0 Å². The number of nitrogens with one attached hydrogen (secondary N) is 3. The van der Waals surface area contributed by atoms with Gasteiger partial charge in [0.05, 0.1) is 11.6 Å². The third-order valence-electron chi connectivity index (χ3n) is 6.12. The molecule has 2 aliphatic rings. The van der Waals surface area contributed by atoms with Crippen molar-refractivity contribution in [1.82, 2.24) is 15.8 Å². The largest absolute Gasteiger partial charge is 0.481 e. The molecule has 3 unspecified atom stereocenters. The Balaban J connectivity index is 1.71. The summed E-state index contributed by atoms with van der Waals surface area (Å²) in [5, 5.41) is 15.0. The fourth-order valence-electron chi connectivity index (χ4n) is 4.01. The highest BCUT2D eigenvalue weighted by Gasteiger charge is 2.52. The number of rotatable bonds is 7. The van der Waals surface area contributed by atoms with Gasteiger partial charge < -0.3 is 15.7 Å². The Bertz CT molecular complexity index is 1060. The van der Waals surface area contributed by atoms with Crippen LogP contribution in [0.4, 0.5) is 19.7 Å². The minimum Gasteiger partial charge on any atom is -0.481 e. The van der Waals surface area contributed by atoms with Gasteiger partial charge in [0.2, 0.25) is 0 Å². The van der Waals surface area contributed by atoms with E-state index in [0.717, 1.165) is 6.07 Å². The van der Waals surface area contributed by atoms with Crippen molar-refractivity contribution in [3.05, 3.63) is 52.8 Å². The van der Waals surface area contributed by atoms with Gasteiger partial charge in [0.1, 0.15) is 11.4 Å². The van der Waals surface area contributed by atoms with Crippen LogP contribution < -0.4 is 16.1 Å². The van der Waals surface area contributed by atoms with Crippen molar-refractivity contribution in [3.63, 3.8) is 0 Å². The quantitative estimate of drug-likeness (QED) is 0.403. The molecule has 1 saturated heterocycles. The van der Waals surface area contributed by atoms with Gasteiger partial charge in [0, 0.05) is 9.89 Å². The maximum Gasteiger partial charge on any atom is 0.344 e. The summed E-state index contributed by atoms with van der Waals surface area (Å²) in [4.78, 5) is 49.6. The van der Waals surface area contributed by atoms with Gasteiger partial charge in [0.15, 0.2) is 0 Å². The number of amides is 5. The number of carboxylic acid groups (broad SMARTS) is 1. The Hall–Kier alpha value is -3.21. The standard InChI is InChI=1S/C22H24BrFN4O5/c1-3-22(11-10-21(2)9-5-4-6-14(21)17(29)30)18(31)28(20(33)26-22)27-19(32)25-16-8-7-13(23)12-15(16)24/h4-9,12,14H,3,10-11H2,1-2H3,(H,26,33)(H,29,30)(H2,25,27,32). The Kier molecular flexibility index (Phi) is 6.92. The molecule has 3 rings (SSSR count). The van der Waals surface area contributed by atoms with Crippen LogP contribution in [0.2, 0.25) is 0 Å². The number of carbonyl (C=O) groups is 4. The van der Waals surface area contributed by atoms with Crippen LogP contribution >= 0.6 is 15.9 Å². The molecule has 1 heterocycles. The molecule has 1 aliphatic heterocycles. The number of nitrogens with zero attached hydrogens (tertiary/aromatic N) is 1. The predicted molar refractivity (Wildman–Crippen MR) is 121 cm³/mol. The molecule has 4 N–H and O–H groups in total. The van der Waals surface area contributed by atoms with Crippen LogP contribution in [0.1, 0.15) is 33.1 Å². The van der Waals surface area contributed by atoms with Crippen LogP contribution in [0.25, 0.3) is 0 Å². The van der Waals surface area contributed by atoms with Crippen molar-refractivity contribution in [1.29, 1.82) is 0 Å². The lowest BCUT2D eigenvalue weighted by Crippen LogP contribution is -2.51. The molecule has 0 saturated carbocycles. The fraction of sp³-hybridized carbons (Fsp3) is 0.364. The number of allylic oxidation sites excluding steroid dienone is 3. The van der Waals surface area contributed by atoms with Crippen molar-refractivity contribution in [2.24, 2.45) is 11.3 Å². The summed E-state index contributed by atoms with van der Waals surface area (Å²) in [6.07, 6.45) is 7.49. The second-order valence-corrected chi connectivity index (χ2v) is 9.18. The summed E-state index contributed by atoms with van der Waals surface area (Å²) in [6, 6.07) is 2.21. The molecule has 0 aromatic heterocycles. The van der Waals surface area contributed by atoms with E-state index in [1.165, 1.54) is 12.1 Å². The molecule has 0 spiro atoms. The van der Waals surface area contributed by atoms with E-state index < -0.39 is 46.6 Å². The third kappa shape index (κ3) is 4.92. The first-order valence-corrected chi connectivity index (χ1v) is 11.1. The SMILES string of the molecule is CCC1(CCC2(C)C=CC=CC2C(=O)O)NC(=O)N(NC(=O)Nc2ccc(Br)cc2F)C1=O. The summed E-state index contributed by atoms with van der Waals surface area (Å²) < 4.78 is 14.5. The van der Waals surface area contributed by atoms with E-state index >= 15 is 0 Å². The first-order valence-electron chi connectivity index (χ1n) is 10.3. The van der Waals surface area contributed by atoms with E-state index in [9.17, 15) is 28.7 Å². The number of hydrazine groups is 1. The summed E-state index contributed by atoms with van der Waals surface area (Å²) in [7, 11) is 0. The van der Waals surface area contributed by atoms with Crippen LogP contribution in [0.3, 0.4) is 0 Å². The third-order valence-corrected chi connectivity index (χ3v) is 6.61. The van der Waals surface area contributed by atoms with Gasteiger partial charge in [-0.15, -0.1) is 0 Å². The van der Waals surface area contributed by atoms with E-state index in [1.54, 1.807) is 38.2 Å². The number of hydrogen-bond donors (Lipinski definition) is 4. The highest BCUT2D eigenvalue weighted by atomic mass is 79.9. The zero-order valence-corrected chi connectivity index (χ0v) is 19.6. The molecule has 0 bridgehead atoms. The van der Waals surface area contributed by atoms with Crippen LogP contribution in [0.15, 0.2) is 47.0 Å². The first-order chi connectivity index (χ1) is 15.5. The number of imide groups is 1. The van der Waals surface area contributed by atoms with Gasteiger partial charge in [-0.3, -0.25) is 9.59 Å². The molecule has 5 amide bonds. The molecular formula is C22H24BrFN4O5. The number of carboxylic acids is 1. The number of urea groups is 2. The normalized spacial score (nSPS) is 26.3. The van der Waals surface area contributed by atoms with E-state index in [1.807, 2.05) is 0 Å². The summed E-state index contributed by atoms with van der Waals surface area (Å²) in [6.45, 7) is 3.50. The Morgan fingerprint density at radius 3 is 2.64 bits per heavy atom. The summed E-state index contributed by atoms with van der Waals surface area (Å²) in [5.74, 6) is -3.13.